The molecule has 0 unspecified atom stereocenters. The third-order valence-corrected chi connectivity index (χ3v) is 12.0. The Labute approximate surface area is 213 Å². The van der Waals surface area contributed by atoms with Crippen molar-refractivity contribution < 1.29 is 8.78 Å². The highest BCUT2D eigenvalue weighted by Gasteiger charge is 2.40. The van der Waals surface area contributed by atoms with Gasteiger partial charge >= 0.3 is 0 Å². The van der Waals surface area contributed by atoms with Crippen LogP contribution in [0.25, 0.3) is 40.4 Å². The van der Waals surface area contributed by atoms with E-state index in [0.29, 0.717) is 11.1 Å². The Morgan fingerprint density at radius 1 is 0.559 bits per heavy atom. The molecule has 5 aromatic rings. The number of hydrogen-bond donors (Lipinski definition) is 0. The molecule has 0 aliphatic heterocycles. The molecule has 0 N–H and O–H groups in total. The standard InChI is InChI=1S/C28H20F2S4/c1-27(2)15-7-9-31-23(15)25-17(27)11-19(33-25)13-5-6-14(22(30)21(13)29)20-12-18-26(34-20)24-16(8-10-32-24)28(18,3)4/h5-12H,1-4H3. The van der Waals surface area contributed by atoms with E-state index in [1.165, 1.54) is 41.8 Å². The molecule has 4 heterocycles. The quantitative estimate of drug-likeness (QED) is 0.216. The molecule has 0 bridgehead atoms. The van der Waals surface area contributed by atoms with Crippen LogP contribution in [0.4, 0.5) is 8.78 Å². The Kier molecular flexibility index (Phi) is 4.21. The smallest absolute Gasteiger partial charge is 0.168 e. The van der Waals surface area contributed by atoms with Gasteiger partial charge in [-0.3, -0.25) is 0 Å². The van der Waals surface area contributed by atoms with Gasteiger partial charge < -0.3 is 0 Å². The highest BCUT2D eigenvalue weighted by atomic mass is 32.1. The fourth-order valence-corrected chi connectivity index (χ4v) is 10.6. The van der Waals surface area contributed by atoms with Gasteiger partial charge in [-0.2, -0.15) is 0 Å². The zero-order valence-corrected chi connectivity index (χ0v) is 22.3. The molecule has 7 rings (SSSR count). The van der Waals surface area contributed by atoms with Gasteiger partial charge in [0.25, 0.3) is 0 Å². The Balaban J connectivity index is 1.33. The van der Waals surface area contributed by atoms with Gasteiger partial charge in [-0.15, -0.1) is 45.3 Å². The molecule has 2 aliphatic rings. The predicted molar refractivity (Wildman–Crippen MR) is 144 cm³/mol. The van der Waals surface area contributed by atoms with Crippen LogP contribution in [0.3, 0.4) is 0 Å². The van der Waals surface area contributed by atoms with E-state index in [4.69, 9.17) is 0 Å². The van der Waals surface area contributed by atoms with Crippen molar-refractivity contribution in [2.75, 3.05) is 0 Å². The average molecular weight is 523 g/mol. The summed E-state index contributed by atoms with van der Waals surface area (Å²) in [6.07, 6.45) is 0. The average Bonchev–Trinajstić information content (AvgIpc) is 3.60. The molecule has 0 radical (unpaired) electrons. The second-order valence-electron chi connectivity index (χ2n) is 10.1. The van der Waals surface area contributed by atoms with Crippen molar-refractivity contribution in [2.24, 2.45) is 0 Å². The molecular weight excluding hydrogens is 503 g/mol. The van der Waals surface area contributed by atoms with Crippen molar-refractivity contribution in [1.29, 1.82) is 0 Å². The monoisotopic (exact) mass is 522 g/mol. The molecule has 1 aromatic carbocycles. The first-order valence-corrected chi connectivity index (χ1v) is 14.5. The van der Waals surface area contributed by atoms with E-state index < -0.39 is 11.6 Å². The van der Waals surface area contributed by atoms with Crippen molar-refractivity contribution in [2.45, 2.75) is 38.5 Å². The van der Waals surface area contributed by atoms with E-state index in [1.54, 1.807) is 57.5 Å². The first-order valence-electron chi connectivity index (χ1n) is 11.1. The largest absolute Gasteiger partial charge is 0.203 e. The van der Waals surface area contributed by atoms with E-state index in [0.717, 1.165) is 9.75 Å². The van der Waals surface area contributed by atoms with E-state index >= 15 is 8.78 Å². The van der Waals surface area contributed by atoms with E-state index in [9.17, 15) is 0 Å². The Bertz CT molecular complexity index is 1510. The summed E-state index contributed by atoms with van der Waals surface area (Å²) in [4.78, 5) is 6.49. The molecule has 0 saturated heterocycles. The van der Waals surface area contributed by atoms with Gasteiger partial charge in [0.15, 0.2) is 11.6 Å². The minimum absolute atomic E-state index is 0.112. The maximum atomic E-state index is 15.5. The molecule has 0 nitrogen and oxygen atoms in total. The van der Waals surface area contributed by atoms with Crippen molar-refractivity contribution >= 4 is 45.3 Å². The Hall–Kier alpha value is -2.12. The molecule has 0 fully saturated rings. The fourth-order valence-electron chi connectivity index (χ4n) is 5.49. The zero-order chi connectivity index (χ0) is 23.6. The summed E-state index contributed by atoms with van der Waals surface area (Å²) in [5.41, 5.74) is 5.55. The topological polar surface area (TPSA) is 0 Å². The Morgan fingerprint density at radius 3 is 1.38 bits per heavy atom. The van der Waals surface area contributed by atoms with E-state index in [-0.39, 0.29) is 10.8 Å². The molecule has 0 saturated carbocycles. The first kappa shape index (κ1) is 21.2. The normalized spacial score (nSPS) is 16.4. The number of fused-ring (bicyclic) bond motifs is 6. The molecule has 34 heavy (non-hydrogen) atoms. The van der Waals surface area contributed by atoms with Crippen molar-refractivity contribution in [3.63, 3.8) is 0 Å². The third kappa shape index (κ3) is 2.55. The van der Waals surface area contributed by atoms with Crippen molar-refractivity contribution in [3.05, 3.63) is 81.0 Å². The molecule has 4 aromatic heterocycles. The lowest BCUT2D eigenvalue weighted by Gasteiger charge is -2.19. The predicted octanol–water partition coefficient (Wildman–Crippen LogP) is 10.2. The van der Waals surface area contributed by atoms with Crippen LogP contribution in [-0.2, 0) is 10.8 Å². The highest BCUT2D eigenvalue weighted by molar-refractivity contribution is 7.24. The van der Waals surface area contributed by atoms with Crippen LogP contribution in [0.1, 0.15) is 49.9 Å². The van der Waals surface area contributed by atoms with Gasteiger partial charge in [-0.05, 0) is 69.4 Å². The van der Waals surface area contributed by atoms with Crippen LogP contribution in [0.2, 0.25) is 0 Å². The molecule has 0 amide bonds. The van der Waals surface area contributed by atoms with Gasteiger partial charge in [-0.25, -0.2) is 8.78 Å². The number of thiophene rings is 4. The lowest BCUT2D eigenvalue weighted by atomic mass is 9.84. The molecular formula is C28H20F2S4. The maximum Gasteiger partial charge on any atom is 0.168 e. The first-order chi connectivity index (χ1) is 16.2. The minimum atomic E-state index is -0.758. The van der Waals surface area contributed by atoms with Gasteiger partial charge in [0.1, 0.15) is 0 Å². The van der Waals surface area contributed by atoms with Crippen LogP contribution in [-0.4, -0.2) is 0 Å². The summed E-state index contributed by atoms with van der Waals surface area (Å²) in [5, 5.41) is 4.23. The van der Waals surface area contributed by atoms with Gasteiger partial charge in [0, 0.05) is 51.2 Å². The molecule has 2 aliphatic carbocycles. The zero-order valence-electron chi connectivity index (χ0n) is 19.0. The van der Waals surface area contributed by atoms with Crippen LogP contribution in [0.15, 0.2) is 47.2 Å². The third-order valence-electron chi connectivity index (χ3n) is 7.51. The Morgan fingerprint density at radius 2 is 0.971 bits per heavy atom. The summed E-state index contributed by atoms with van der Waals surface area (Å²) in [7, 11) is 0. The number of halogens is 2. The summed E-state index contributed by atoms with van der Waals surface area (Å²) >= 11 is 6.59. The summed E-state index contributed by atoms with van der Waals surface area (Å²) < 4.78 is 31.0. The van der Waals surface area contributed by atoms with Crippen LogP contribution in [0.5, 0.6) is 0 Å². The number of benzene rings is 1. The maximum absolute atomic E-state index is 15.5. The summed E-state index contributed by atoms with van der Waals surface area (Å²) in [5.74, 6) is -1.52. The van der Waals surface area contributed by atoms with Crippen LogP contribution < -0.4 is 0 Å². The minimum Gasteiger partial charge on any atom is -0.203 e. The van der Waals surface area contributed by atoms with E-state index in [1.807, 2.05) is 0 Å². The number of hydrogen-bond acceptors (Lipinski definition) is 4. The second-order valence-corrected chi connectivity index (χ2v) is 14.0. The van der Waals surface area contributed by atoms with Crippen LogP contribution >= 0.6 is 45.3 Å². The lowest BCUT2D eigenvalue weighted by molar-refractivity contribution is 0.514. The summed E-state index contributed by atoms with van der Waals surface area (Å²) in [6.45, 7) is 8.82. The second kappa shape index (κ2) is 6.76. The molecule has 170 valence electrons. The summed E-state index contributed by atoms with van der Waals surface area (Å²) in [6, 6.07) is 12.0. The van der Waals surface area contributed by atoms with Gasteiger partial charge in [0.05, 0.1) is 0 Å². The molecule has 6 heteroatoms. The van der Waals surface area contributed by atoms with Gasteiger partial charge in [0.2, 0.25) is 0 Å². The molecule has 0 atom stereocenters. The molecule has 0 spiro atoms. The van der Waals surface area contributed by atoms with Crippen molar-refractivity contribution in [3.8, 4) is 40.4 Å². The highest BCUT2D eigenvalue weighted by Crippen LogP contribution is 2.58. The van der Waals surface area contributed by atoms with E-state index in [2.05, 4.69) is 62.7 Å². The van der Waals surface area contributed by atoms with Crippen LogP contribution in [0, 0.1) is 11.6 Å². The fraction of sp³-hybridized carbons (Fsp3) is 0.214. The number of rotatable bonds is 2. The SMILES string of the molecule is CC1(C)c2ccsc2-c2sc(-c3ccc(-c4cc5c(s4)-c4sccc4C5(C)C)c(F)c3F)cc21. The lowest BCUT2D eigenvalue weighted by Crippen LogP contribution is -2.13. The van der Waals surface area contributed by atoms with Crippen molar-refractivity contribution in [1.82, 2.24) is 0 Å². The van der Waals surface area contributed by atoms with Gasteiger partial charge in [-0.1, -0.05) is 27.7 Å².